The van der Waals surface area contributed by atoms with Crippen LogP contribution in [0.2, 0.25) is 0 Å². The van der Waals surface area contributed by atoms with E-state index in [9.17, 15) is 9.90 Å². The van der Waals surface area contributed by atoms with Gasteiger partial charge in [0.25, 0.3) is 0 Å². The molecule has 1 aromatic carbocycles. The molecule has 4 nitrogen and oxygen atoms in total. The van der Waals surface area contributed by atoms with Crippen molar-refractivity contribution in [1.82, 2.24) is 10.2 Å². The summed E-state index contributed by atoms with van der Waals surface area (Å²) in [4.78, 5) is 14.5. The number of nitrogens with one attached hydrogen (secondary N) is 1. The average Bonchev–Trinajstić information content (AvgIpc) is 2.56. The number of rotatable bonds is 6. The molecule has 2 unspecified atom stereocenters. The number of piperidine rings is 1. The number of aliphatic hydroxyl groups is 1. The standard InChI is InChI=1S/C18H28N2O2/c1-2-16(14-15-8-4-3-5-9-15)19-18(22)20-12-7-6-10-17(20)11-13-21/h3-5,8-9,16-17,21H,2,6-7,10-14H2,1H3,(H,19,22). The van der Waals surface area contributed by atoms with E-state index >= 15 is 0 Å². The molecule has 2 atom stereocenters. The number of likely N-dealkylation sites (tertiary alicyclic amines) is 1. The molecule has 1 saturated heterocycles. The lowest BCUT2D eigenvalue weighted by Crippen LogP contribution is -2.51. The zero-order valence-electron chi connectivity index (χ0n) is 13.5. The number of amides is 2. The summed E-state index contributed by atoms with van der Waals surface area (Å²) in [5.74, 6) is 0. The van der Waals surface area contributed by atoms with Gasteiger partial charge in [-0.25, -0.2) is 4.79 Å². The van der Waals surface area contributed by atoms with Crippen LogP contribution in [-0.2, 0) is 6.42 Å². The average molecular weight is 304 g/mol. The summed E-state index contributed by atoms with van der Waals surface area (Å²) in [6.07, 6.45) is 5.67. The maximum atomic E-state index is 12.6. The molecule has 1 aliphatic rings. The minimum atomic E-state index is 0.0286. The number of carbonyl (C=O) groups is 1. The van der Waals surface area contributed by atoms with Crippen molar-refractivity contribution in [2.45, 2.75) is 57.5 Å². The number of benzene rings is 1. The van der Waals surface area contributed by atoms with Gasteiger partial charge in [-0.15, -0.1) is 0 Å². The van der Waals surface area contributed by atoms with E-state index in [1.807, 2.05) is 23.1 Å². The molecule has 2 rings (SSSR count). The van der Waals surface area contributed by atoms with Gasteiger partial charge < -0.3 is 15.3 Å². The van der Waals surface area contributed by atoms with Crippen LogP contribution in [0.1, 0.15) is 44.6 Å². The topological polar surface area (TPSA) is 52.6 Å². The summed E-state index contributed by atoms with van der Waals surface area (Å²) in [6.45, 7) is 3.06. The maximum Gasteiger partial charge on any atom is 0.317 e. The molecule has 0 saturated carbocycles. The maximum absolute atomic E-state index is 12.6. The first-order valence-electron chi connectivity index (χ1n) is 8.46. The van der Waals surface area contributed by atoms with Gasteiger partial charge >= 0.3 is 6.03 Å². The van der Waals surface area contributed by atoms with Crippen molar-refractivity contribution in [1.29, 1.82) is 0 Å². The van der Waals surface area contributed by atoms with Crippen molar-refractivity contribution in [2.75, 3.05) is 13.2 Å². The highest BCUT2D eigenvalue weighted by Gasteiger charge is 2.27. The molecule has 1 heterocycles. The Hall–Kier alpha value is -1.55. The van der Waals surface area contributed by atoms with Crippen molar-refractivity contribution in [2.24, 2.45) is 0 Å². The van der Waals surface area contributed by atoms with E-state index in [0.717, 1.165) is 38.6 Å². The van der Waals surface area contributed by atoms with Gasteiger partial charge in [0.15, 0.2) is 0 Å². The van der Waals surface area contributed by atoms with Crippen LogP contribution in [0.25, 0.3) is 0 Å². The number of hydrogen-bond acceptors (Lipinski definition) is 2. The zero-order valence-corrected chi connectivity index (χ0v) is 13.5. The zero-order chi connectivity index (χ0) is 15.8. The van der Waals surface area contributed by atoms with Crippen LogP contribution in [0.3, 0.4) is 0 Å². The first-order chi connectivity index (χ1) is 10.7. The highest BCUT2D eigenvalue weighted by atomic mass is 16.3. The van der Waals surface area contributed by atoms with Crippen LogP contribution in [0.15, 0.2) is 30.3 Å². The molecule has 1 fully saturated rings. The fraction of sp³-hybridized carbons (Fsp3) is 0.611. The quantitative estimate of drug-likeness (QED) is 0.849. The van der Waals surface area contributed by atoms with Crippen molar-refractivity contribution < 1.29 is 9.90 Å². The summed E-state index contributed by atoms with van der Waals surface area (Å²) < 4.78 is 0. The monoisotopic (exact) mass is 304 g/mol. The molecule has 0 bridgehead atoms. The number of aliphatic hydroxyl groups excluding tert-OH is 1. The van der Waals surface area contributed by atoms with Crippen molar-refractivity contribution in [3.8, 4) is 0 Å². The van der Waals surface area contributed by atoms with Gasteiger partial charge in [-0.3, -0.25) is 0 Å². The van der Waals surface area contributed by atoms with Crippen molar-refractivity contribution >= 4 is 6.03 Å². The second-order valence-corrected chi connectivity index (χ2v) is 6.10. The summed E-state index contributed by atoms with van der Waals surface area (Å²) in [5, 5.41) is 12.4. The lowest BCUT2D eigenvalue weighted by atomic mass is 10.00. The minimum Gasteiger partial charge on any atom is -0.396 e. The van der Waals surface area contributed by atoms with Crippen molar-refractivity contribution in [3.05, 3.63) is 35.9 Å². The Labute approximate surface area is 133 Å². The fourth-order valence-electron chi connectivity index (χ4n) is 3.17. The fourth-order valence-corrected chi connectivity index (χ4v) is 3.17. The number of urea groups is 1. The normalized spacial score (nSPS) is 19.7. The summed E-state index contributed by atoms with van der Waals surface area (Å²) in [5.41, 5.74) is 1.25. The molecule has 1 aliphatic heterocycles. The largest absolute Gasteiger partial charge is 0.396 e. The Morgan fingerprint density at radius 1 is 1.36 bits per heavy atom. The molecule has 22 heavy (non-hydrogen) atoms. The predicted octanol–water partition coefficient (Wildman–Crippen LogP) is 2.95. The third kappa shape index (κ3) is 4.73. The van der Waals surface area contributed by atoms with E-state index in [2.05, 4.69) is 24.4 Å². The molecule has 1 aromatic rings. The summed E-state index contributed by atoms with van der Waals surface area (Å²) >= 11 is 0. The van der Waals surface area contributed by atoms with E-state index in [1.165, 1.54) is 5.56 Å². The minimum absolute atomic E-state index is 0.0286. The Morgan fingerprint density at radius 2 is 2.14 bits per heavy atom. The molecule has 0 aromatic heterocycles. The SMILES string of the molecule is CCC(Cc1ccccc1)NC(=O)N1CCCCC1CCO. The predicted molar refractivity (Wildman–Crippen MR) is 88.8 cm³/mol. The van der Waals surface area contributed by atoms with Crippen molar-refractivity contribution in [3.63, 3.8) is 0 Å². The Bertz CT molecular complexity index is 448. The van der Waals surface area contributed by atoms with Crippen LogP contribution in [-0.4, -0.2) is 41.3 Å². The highest BCUT2D eigenvalue weighted by molar-refractivity contribution is 5.75. The second-order valence-electron chi connectivity index (χ2n) is 6.10. The van der Waals surface area contributed by atoms with Gasteiger partial charge in [0.1, 0.15) is 0 Å². The van der Waals surface area contributed by atoms with Crippen LogP contribution in [0.4, 0.5) is 4.79 Å². The Morgan fingerprint density at radius 3 is 2.82 bits per heavy atom. The van der Waals surface area contributed by atoms with Gasteiger partial charge in [-0.1, -0.05) is 37.3 Å². The molecule has 0 aliphatic carbocycles. The van der Waals surface area contributed by atoms with E-state index in [1.54, 1.807) is 0 Å². The third-order valence-corrected chi connectivity index (χ3v) is 4.50. The third-order valence-electron chi connectivity index (χ3n) is 4.50. The second kappa shape index (κ2) is 8.79. The lowest BCUT2D eigenvalue weighted by molar-refractivity contribution is 0.129. The molecular formula is C18H28N2O2. The van der Waals surface area contributed by atoms with Gasteiger partial charge in [-0.05, 0) is 44.1 Å². The molecule has 0 radical (unpaired) electrons. The van der Waals surface area contributed by atoms with Crippen LogP contribution < -0.4 is 5.32 Å². The molecule has 4 heteroatoms. The molecule has 2 N–H and O–H groups in total. The number of hydrogen-bond donors (Lipinski definition) is 2. The number of carbonyl (C=O) groups excluding carboxylic acids is 1. The Balaban J connectivity index is 1.92. The van der Waals surface area contributed by atoms with Gasteiger partial charge in [0.05, 0.1) is 0 Å². The van der Waals surface area contributed by atoms with Crippen LogP contribution >= 0.6 is 0 Å². The highest BCUT2D eigenvalue weighted by Crippen LogP contribution is 2.20. The molecular weight excluding hydrogens is 276 g/mol. The first kappa shape index (κ1) is 16.8. The molecule has 2 amide bonds. The number of nitrogens with zero attached hydrogens (tertiary/aromatic N) is 1. The lowest BCUT2D eigenvalue weighted by Gasteiger charge is -2.36. The molecule has 0 spiro atoms. The Kier molecular flexibility index (Phi) is 6.72. The van der Waals surface area contributed by atoms with Crippen LogP contribution in [0, 0.1) is 0 Å². The van der Waals surface area contributed by atoms with Gasteiger partial charge in [0.2, 0.25) is 0 Å². The molecule has 122 valence electrons. The summed E-state index contributed by atoms with van der Waals surface area (Å²) in [7, 11) is 0. The van der Waals surface area contributed by atoms with E-state index in [-0.39, 0.29) is 24.7 Å². The van der Waals surface area contributed by atoms with E-state index in [4.69, 9.17) is 0 Å². The first-order valence-corrected chi connectivity index (χ1v) is 8.46. The summed E-state index contributed by atoms with van der Waals surface area (Å²) in [6, 6.07) is 10.7. The van der Waals surface area contributed by atoms with E-state index < -0.39 is 0 Å². The van der Waals surface area contributed by atoms with Crippen LogP contribution in [0.5, 0.6) is 0 Å². The van der Waals surface area contributed by atoms with E-state index in [0.29, 0.717) is 6.42 Å². The van der Waals surface area contributed by atoms with Gasteiger partial charge in [0, 0.05) is 25.2 Å². The van der Waals surface area contributed by atoms with Gasteiger partial charge in [-0.2, -0.15) is 0 Å². The smallest absolute Gasteiger partial charge is 0.317 e.